The Morgan fingerprint density at radius 3 is 2.69 bits per heavy atom. The van der Waals surface area contributed by atoms with E-state index in [0.717, 1.165) is 17.8 Å². The molecule has 1 heterocycles. The minimum Gasteiger partial charge on any atom is -0.224 e. The summed E-state index contributed by atoms with van der Waals surface area (Å²) < 4.78 is 0. The highest BCUT2D eigenvalue weighted by atomic mass is 14.9. The number of hydrogen-bond donors (Lipinski definition) is 0. The molecule has 0 saturated carbocycles. The van der Waals surface area contributed by atoms with Gasteiger partial charge in [-0.15, -0.1) is 0 Å². The molecule has 0 aliphatic heterocycles. The van der Waals surface area contributed by atoms with Gasteiger partial charge in [-0.3, -0.25) is 0 Å². The van der Waals surface area contributed by atoms with Crippen molar-refractivity contribution in [2.24, 2.45) is 5.92 Å². The normalized spacial score (nSPS) is 10.1. The molecule has 0 saturated heterocycles. The van der Waals surface area contributed by atoms with Gasteiger partial charge in [-0.1, -0.05) is 13.8 Å². The lowest BCUT2D eigenvalue weighted by molar-refractivity contribution is 0.632. The third-order valence-corrected chi connectivity index (χ3v) is 1.62. The summed E-state index contributed by atoms with van der Waals surface area (Å²) in [6.45, 7) is 6.14. The highest BCUT2D eigenvalue weighted by Gasteiger charge is 2.03. The Hall–Kier alpha value is -1.43. The van der Waals surface area contributed by atoms with Crippen LogP contribution in [0, 0.1) is 24.2 Å². The van der Waals surface area contributed by atoms with Crippen molar-refractivity contribution in [3.8, 4) is 6.07 Å². The van der Waals surface area contributed by atoms with Crippen LogP contribution in [0.4, 0.5) is 0 Å². The summed E-state index contributed by atoms with van der Waals surface area (Å²) in [7, 11) is 0. The van der Waals surface area contributed by atoms with E-state index < -0.39 is 0 Å². The van der Waals surface area contributed by atoms with Crippen molar-refractivity contribution in [3.63, 3.8) is 0 Å². The van der Waals surface area contributed by atoms with Crippen LogP contribution in [0.5, 0.6) is 0 Å². The zero-order chi connectivity index (χ0) is 9.84. The van der Waals surface area contributed by atoms with Gasteiger partial charge in [-0.05, 0) is 25.3 Å². The molecular formula is C10H13N3. The second-order valence-electron chi connectivity index (χ2n) is 3.53. The van der Waals surface area contributed by atoms with Gasteiger partial charge in [0, 0.05) is 11.4 Å². The van der Waals surface area contributed by atoms with Gasteiger partial charge in [-0.2, -0.15) is 5.26 Å². The standard InChI is InChI=1S/C10H13N3/c1-7(2)4-9-5-8(3)12-10(6-11)13-9/h5,7H,4H2,1-3H3. The summed E-state index contributed by atoms with van der Waals surface area (Å²) in [5.74, 6) is 0.830. The molecule has 1 aromatic heterocycles. The first-order valence-electron chi connectivity index (χ1n) is 4.36. The second kappa shape index (κ2) is 3.99. The third-order valence-electron chi connectivity index (χ3n) is 1.62. The maximum Gasteiger partial charge on any atom is 0.232 e. The van der Waals surface area contributed by atoms with Gasteiger partial charge >= 0.3 is 0 Å². The first kappa shape index (κ1) is 9.66. The van der Waals surface area contributed by atoms with Crippen LogP contribution in [-0.2, 0) is 6.42 Å². The predicted octanol–water partition coefficient (Wildman–Crippen LogP) is 1.86. The van der Waals surface area contributed by atoms with Crippen molar-refractivity contribution < 1.29 is 0 Å². The van der Waals surface area contributed by atoms with E-state index in [4.69, 9.17) is 5.26 Å². The third kappa shape index (κ3) is 2.83. The van der Waals surface area contributed by atoms with Crippen LogP contribution in [0.2, 0.25) is 0 Å². The molecule has 68 valence electrons. The largest absolute Gasteiger partial charge is 0.232 e. The Bertz CT molecular complexity index is 337. The fraction of sp³-hybridized carbons (Fsp3) is 0.500. The Kier molecular flexibility index (Phi) is 2.97. The van der Waals surface area contributed by atoms with Gasteiger partial charge in [0.2, 0.25) is 5.82 Å². The van der Waals surface area contributed by atoms with Crippen molar-refractivity contribution >= 4 is 0 Å². The van der Waals surface area contributed by atoms with Gasteiger partial charge in [0.05, 0.1) is 0 Å². The lowest BCUT2D eigenvalue weighted by atomic mass is 10.1. The molecule has 0 fully saturated rings. The molecule has 0 spiro atoms. The highest BCUT2D eigenvalue weighted by molar-refractivity contribution is 5.17. The first-order valence-corrected chi connectivity index (χ1v) is 4.36. The first-order chi connectivity index (χ1) is 6.11. The number of aryl methyl sites for hydroxylation is 1. The van der Waals surface area contributed by atoms with Crippen LogP contribution in [0.15, 0.2) is 6.07 Å². The minimum absolute atomic E-state index is 0.274. The van der Waals surface area contributed by atoms with Gasteiger partial charge in [0.25, 0.3) is 0 Å². The molecule has 0 atom stereocenters. The maximum absolute atomic E-state index is 8.65. The van der Waals surface area contributed by atoms with E-state index in [1.807, 2.05) is 19.1 Å². The molecule has 3 heteroatoms. The maximum atomic E-state index is 8.65. The van der Waals surface area contributed by atoms with Gasteiger partial charge in [-0.25, -0.2) is 9.97 Å². The molecule has 1 rings (SSSR count). The van der Waals surface area contributed by atoms with E-state index in [0.29, 0.717) is 5.92 Å². The molecule has 3 nitrogen and oxygen atoms in total. The highest BCUT2D eigenvalue weighted by Crippen LogP contribution is 2.06. The van der Waals surface area contributed by atoms with E-state index >= 15 is 0 Å². The number of hydrogen-bond acceptors (Lipinski definition) is 3. The van der Waals surface area contributed by atoms with Gasteiger partial charge in [0.1, 0.15) is 6.07 Å². The Morgan fingerprint density at radius 1 is 1.46 bits per heavy atom. The Labute approximate surface area is 78.5 Å². The molecule has 0 radical (unpaired) electrons. The van der Waals surface area contributed by atoms with E-state index in [1.54, 1.807) is 0 Å². The minimum atomic E-state index is 0.274. The van der Waals surface area contributed by atoms with Crippen molar-refractivity contribution in [2.75, 3.05) is 0 Å². The van der Waals surface area contributed by atoms with E-state index in [-0.39, 0.29) is 5.82 Å². The molecule has 0 aromatic carbocycles. The predicted molar refractivity (Wildman–Crippen MR) is 50.0 cm³/mol. The second-order valence-corrected chi connectivity index (χ2v) is 3.53. The molecule has 0 aliphatic carbocycles. The number of nitrogens with zero attached hydrogens (tertiary/aromatic N) is 3. The lowest BCUT2D eigenvalue weighted by Crippen LogP contribution is -2.02. The zero-order valence-corrected chi connectivity index (χ0v) is 8.20. The topological polar surface area (TPSA) is 49.6 Å². The molecule has 13 heavy (non-hydrogen) atoms. The van der Waals surface area contributed by atoms with Crippen molar-refractivity contribution in [1.82, 2.24) is 9.97 Å². The van der Waals surface area contributed by atoms with Crippen molar-refractivity contribution in [3.05, 3.63) is 23.3 Å². The molecule has 1 aromatic rings. The number of rotatable bonds is 2. The van der Waals surface area contributed by atoms with Crippen LogP contribution in [0.25, 0.3) is 0 Å². The molecule has 0 bridgehead atoms. The quantitative estimate of drug-likeness (QED) is 0.689. The summed E-state index contributed by atoms with van der Waals surface area (Å²) in [5.41, 5.74) is 1.82. The fourth-order valence-electron chi connectivity index (χ4n) is 1.21. The van der Waals surface area contributed by atoms with Gasteiger partial charge < -0.3 is 0 Å². The lowest BCUT2D eigenvalue weighted by Gasteiger charge is -2.04. The monoisotopic (exact) mass is 175 g/mol. The molecule has 0 N–H and O–H groups in total. The van der Waals surface area contributed by atoms with E-state index in [9.17, 15) is 0 Å². The van der Waals surface area contributed by atoms with Gasteiger partial charge in [0.15, 0.2) is 0 Å². The summed E-state index contributed by atoms with van der Waals surface area (Å²) in [6, 6.07) is 3.89. The average molecular weight is 175 g/mol. The molecule has 0 amide bonds. The van der Waals surface area contributed by atoms with Crippen molar-refractivity contribution in [1.29, 1.82) is 5.26 Å². The van der Waals surface area contributed by atoms with Crippen LogP contribution < -0.4 is 0 Å². The van der Waals surface area contributed by atoms with Crippen LogP contribution in [0.1, 0.15) is 31.1 Å². The SMILES string of the molecule is Cc1cc(CC(C)C)nc(C#N)n1. The zero-order valence-electron chi connectivity index (χ0n) is 8.20. The summed E-state index contributed by atoms with van der Waals surface area (Å²) in [5, 5.41) is 8.65. The van der Waals surface area contributed by atoms with Crippen molar-refractivity contribution in [2.45, 2.75) is 27.2 Å². The van der Waals surface area contributed by atoms with E-state index in [1.165, 1.54) is 0 Å². The number of aromatic nitrogens is 2. The fourth-order valence-corrected chi connectivity index (χ4v) is 1.21. The van der Waals surface area contributed by atoms with Crippen LogP contribution in [-0.4, -0.2) is 9.97 Å². The average Bonchev–Trinajstić information content (AvgIpc) is 2.01. The number of nitriles is 1. The molecule has 0 aliphatic rings. The smallest absolute Gasteiger partial charge is 0.224 e. The van der Waals surface area contributed by atoms with Crippen LogP contribution >= 0.6 is 0 Å². The summed E-state index contributed by atoms with van der Waals surface area (Å²) >= 11 is 0. The Morgan fingerprint density at radius 2 is 2.15 bits per heavy atom. The van der Waals surface area contributed by atoms with Crippen LogP contribution in [0.3, 0.4) is 0 Å². The Balaban J connectivity index is 2.96. The van der Waals surface area contributed by atoms with E-state index in [2.05, 4.69) is 23.8 Å². The summed E-state index contributed by atoms with van der Waals surface area (Å²) in [6.07, 6.45) is 0.901. The summed E-state index contributed by atoms with van der Waals surface area (Å²) in [4.78, 5) is 8.11. The molecular weight excluding hydrogens is 162 g/mol. The molecule has 0 unspecified atom stereocenters.